The highest BCUT2D eigenvalue weighted by molar-refractivity contribution is 5.83. The van der Waals surface area contributed by atoms with E-state index in [4.69, 9.17) is 33.2 Å². The second-order valence-electron chi connectivity index (χ2n) is 17.7. The summed E-state index contributed by atoms with van der Waals surface area (Å²) in [7, 11) is 2.57. The average molecular weight is 791 g/mol. The maximum absolute atomic E-state index is 13.3. The molecular formula is C42H62O14. The molecular weight excluding hydrogens is 728 g/mol. The molecule has 4 heterocycles. The molecule has 14 heteroatoms. The molecule has 0 aromatic carbocycles. The molecule has 56 heavy (non-hydrogen) atoms. The summed E-state index contributed by atoms with van der Waals surface area (Å²) < 4.78 is 41.1. The molecule has 0 spiro atoms. The van der Waals surface area contributed by atoms with Crippen LogP contribution in [0.3, 0.4) is 0 Å². The van der Waals surface area contributed by atoms with E-state index < -0.39 is 101 Å². The van der Waals surface area contributed by atoms with Gasteiger partial charge in [0.05, 0.1) is 62.0 Å². The van der Waals surface area contributed by atoms with Gasteiger partial charge in [0.15, 0.2) is 5.79 Å². The Morgan fingerprint density at radius 3 is 2.20 bits per heavy atom. The highest BCUT2D eigenvalue weighted by Crippen LogP contribution is 2.49. The summed E-state index contributed by atoms with van der Waals surface area (Å²) in [6, 6.07) is 0. The van der Waals surface area contributed by atoms with Crippen molar-refractivity contribution >= 4 is 23.9 Å². The van der Waals surface area contributed by atoms with Crippen molar-refractivity contribution < 1.29 is 67.7 Å². The van der Waals surface area contributed by atoms with E-state index in [1.54, 1.807) is 40.7 Å². The molecule has 14 nitrogen and oxygen atoms in total. The summed E-state index contributed by atoms with van der Waals surface area (Å²) in [6.07, 6.45) is 1.70. The van der Waals surface area contributed by atoms with Crippen LogP contribution in [0.25, 0.3) is 0 Å². The summed E-state index contributed by atoms with van der Waals surface area (Å²) in [5.74, 6) is -3.82. The van der Waals surface area contributed by atoms with E-state index >= 15 is 0 Å². The van der Waals surface area contributed by atoms with E-state index in [0.29, 0.717) is 17.8 Å². The van der Waals surface area contributed by atoms with E-state index in [-0.39, 0.29) is 38.5 Å². The van der Waals surface area contributed by atoms with Crippen LogP contribution in [0.5, 0.6) is 0 Å². The van der Waals surface area contributed by atoms with Crippen molar-refractivity contribution in [2.24, 2.45) is 16.2 Å². The van der Waals surface area contributed by atoms with E-state index in [1.807, 2.05) is 26.0 Å². The molecule has 9 atom stereocenters. The highest BCUT2D eigenvalue weighted by Gasteiger charge is 2.58. The molecule has 0 aliphatic carbocycles. The number of aliphatic hydroxyl groups excluding tert-OH is 2. The van der Waals surface area contributed by atoms with Crippen LogP contribution in [-0.2, 0) is 52.3 Å². The van der Waals surface area contributed by atoms with Crippen LogP contribution in [0.2, 0.25) is 0 Å². The zero-order valence-electron chi connectivity index (χ0n) is 34.5. The number of hydrogen-bond acceptors (Lipinski definition) is 14. The van der Waals surface area contributed by atoms with Gasteiger partial charge in [-0.2, -0.15) is 0 Å². The molecule has 4 aliphatic rings. The second kappa shape index (κ2) is 17.9. The summed E-state index contributed by atoms with van der Waals surface area (Å²) in [6.45, 7) is 14.0. The molecule has 3 N–H and O–H groups in total. The summed E-state index contributed by atoms with van der Waals surface area (Å²) in [5, 5.41) is 34.5. The van der Waals surface area contributed by atoms with Crippen molar-refractivity contribution in [2.75, 3.05) is 14.2 Å². The Bertz CT molecular complexity index is 1580. The molecule has 314 valence electrons. The first-order valence-corrected chi connectivity index (χ1v) is 19.4. The van der Waals surface area contributed by atoms with Gasteiger partial charge in [-0.3, -0.25) is 9.59 Å². The fraction of sp³-hybridized carbons (Fsp3) is 0.714. The van der Waals surface area contributed by atoms with E-state index in [2.05, 4.69) is 0 Å². The summed E-state index contributed by atoms with van der Waals surface area (Å²) in [4.78, 5) is 51.3. The fourth-order valence-electron chi connectivity index (χ4n) is 7.44. The Labute approximate surface area is 330 Å². The Kier molecular flexibility index (Phi) is 14.5. The average Bonchev–Trinajstić information content (AvgIpc) is 3.08. The van der Waals surface area contributed by atoms with Crippen LogP contribution < -0.4 is 0 Å². The zero-order chi connectivity index (χ0) is 41.8. The number of fused-ring (bicyclic) bond motifs is 6. The van der Waals surface area contributed by atoms with Crippen LogP contribution in [-0.4, -0.2) is 108 Å². The van der Waals surface area contributed by atoms with Gasteiger partial charge in [-0.25, -0.2) is 9.59 Å². The molecule has 0 amide bonds. The lowest BCUT2D eigenvalue weighted by molar-refractivity contribution is -0.349. The van der Waals surface area contributed by atoms with Gasteiger partial charge < -0.3 is 48.5 Å². The zero-order valence-corrected chi connectivity index (χ0v) is 34.5. The van der Waals surface area contributed by atoms with Gasteiger partial charge in [0.1, 0.15) is 24.1 Å². The maximum atomic E-state index is 13.3. The number of aliphatic hydroxyl groups is 3. The van der Waals surface area contributed by atoms with Crippen molar-refractivity contribution in [2.45, 2.75) is 161 Å². The lowest BCUT2D eigenvalue weighted by atomic mass is 9.70. The van der Waals surface area contributed by atoms with Crippen LogP contribution >= 0.6 is 0 Å². The number of carbonyl (C=O) groups is 4. The van der Waals surface area contributed by atoms with Crippen molar-refractivity contribution in [1.82, 2.24) is 0 Å². The SMILES string of the molecule is COC(=O)/C=C1\C=C2OC(C1)CC([C@@H](C)O)OC(=O)C[C@H](O)C[C@@H]1C[C@H](OC(=O)C(C)(C)C)C(C)(C)[C@](O)(C[C@@H]3C/C(=C/C(=O)OC)C[C@H](/C=C/C2(C)C)O3)O1. The van der Waals surface area contributed by atoms with Crippen molar-refractivity contribution in [3.8, 4) is 0 Å². The van der Waals surface area contributed by atoms with Crippen LogP contribution in [0.15, 0.2) is 47.3 Å². The number of carbonyl (C=O) groups excluding carboxylic acids is 4. The molecule has 2 unspecified atom stereocenters. The predicted octanol–water partition coefficient (Wildman–Crippen LogP) is 4.68. The Hall–Kier alpha value is -3.56. The third kappa shape index (κ3) is 11.5. The van der Waals surface area contributed by atoms with Gasteiger partial charge in [0, 0.05) is 49.7 Å². The van der Waals surface area contributed by atoms with Crippen LogP contribution in [0, 0.1) is 16.2 Å². The number of ether oxygens (including phenoxy) is 7. The molecule has 0 aromatic heterocycles. The summed E-state index contributed by atoms with van der Waals surface area (Å²) in [5.41, 5.74) is -1.49. The molecule has 4 rings (SSSR count). The number of methoxy groups -OCH3 is 2. The molecule has 2 fully saturated rings. The van der Waals surface area contributed by atoms with Gasteiger partial charge in [-0.1, -0.05) is 31.6 Å². The van der Waals surface area contributed by atoms with Crippen molar-refractivity contribution in [3.63, 3.8) is 0 Å². The number of esters is 4. The highest BCUT2D eigenvalue weighted by atomic mass is 16.6. The normalized spacial score (nSPS) is 35.1. The minimum Gasteiger partial charge on any atom is -0.493 e. The maximum Gasteiger partial charge on any atom is 0.330 e. The molecule has 6 bridgehead atoms. The number of rotatable bonds is 4. The third-order valence-corrected chi connectivity index (χ3v) is 11.1. The van der Waals surface area contributed by atoms with Crippen LogP contribution in [0.1, 0.15) is 107 Å². The fourth-order valence-corrected chi connectivity index (χ4v) is 7.44. The Balaban J connectivity index is 1.81. The molecule has 0 saturated carbocycles. The molecule has 2 saturated heterocycles. The Morgan fingerprint density at radius 1 is 0.911 bits per heavy atom. The van der Waals surface area contributed by atoms with Gasteiger partial charge in [-0.05, 0) is 66.0 Å². The standard InChI is InChI=1S/C42H62O14/c1-24(43)32-21-29-14-26(18-36(46)51-10)16-33(53-29)40(5,6)12-11-28-13-25(17-35(45)50-9)15-31(52-28)23-42(49)41(7,8)34(55-38(48)39(2,3)4)22-30(56-42)19-27(44)20-37(47)54-32/h11-12,16-18,24,27-32,34,43-44,49H,13-15,19-23H2,1-10H3/b12-11+,25-17+,26-18-/t24-,27-,28+,29?,30-,31+,32?,34+,42+/m1/s1. The second-order valence-corrected chi connectivity index (χ2v) is 17.7. The largest absolute Gasteiger partial charge is 0.493 e. The van der Waals surface area contributed by atoms with E-state index in [9.17, 15) is 34.5 Å². The van der Waals surface area contributed by atoms with Gasteiger partial charge >= 0.3 is 23.9 Å². The van der Waals surface area contributed by atoms with Gasteiger partial charge in [-0.15, -0.1) is 0 Å². The lowest BCUT2D eigenvalue weighted by Crippen LogP contribution is -2.62. The monoisotopic (exact) mass is 790 g/mol. The first kappa shape index (κ1) is 45.1. The quantitative estimate of drug-likeness (QED) is 0.154. The third-order valence-electron chi connectivity index (χ3n) is 11.1. The van der Waals surface area contributed by atoms with Crippen molar-refractivity contribution in [3.05, 3.63) is 47.3 Å². The summed E-state index contributed by atoms with van der Waals surface area (Å²) >= 11 is 0. The first-order valence-electron chi connectivity index (χ1n) is 19.4. The van der Waals surface area contributed by atoms with E-state index in [1.165, 1.54) is 33.3 Å². The smallest absolute Gasteiger partial charge is 0.330 e. The first-order chi connectivity index (χ1) is 25.9. The number of cyclic esters (lactones) is 1. The lowest BCUT2D eigenvalue weighted by Gasteiger charge is -2.54. The predicted molar refractivity (Wildman–Crippen MR) is 202 cm³/mol. The molecule has 0 radical (unpaired) electrons. The van der Waals surface area contributed by atoms with Crippen molar-refractivity contribution in [1.29, 1.82) is 0 Å². The minimum atomic E-state index is -1.97. The van der Waals surface area contributed by atoms with Crippen LogP contribution in [0.4, 0.5) is 0 Å². The van der Waals surface area contributed by atoms with E-state index in [0.717, 1.165) is 5.57 Å². The minimum absolute atomic E-state index is 0.0684. The van der Waals surface area contributed by atoms with Gasteiger partial charge in [0.25, 0.3) is 0 Å². The number of hydrogen-bond donors (Lipinski definition) is 3. The topological polar surface area (TPSA) is 194 Å². The molecule has 0 aromatic rings. The Morgan fingerprint density at radius 2 is 1.57 bits per heavy atom. The molecule has 4 aliphatic heterocycles. The number of allylic oxidation sites excluding steroid dienone is 2. The van der Waals surface area contributed by atoms with Gasteiger partial charge in [0.2, 0.25) is 0 Å².